The summed E-state index contributed by atoms with van der Waals surface area (Å²) in [7, 11) is 0. The maximum absolute atomic E-state index is 13.7. The van der Waals surface area contributed by atoms with E-state index < -0.39 is 83.6 Å². The van der Waals surface area contributed by atoms with Gasteiger partial charge in [-0.15, -0.1) is 0 Å². The predicted octanol–water partition coefficient (Wildman–Crippen LogP) is 1.63. The van der Waals surface area contributed by atoms with Crippen LogP contribution in [0.3, 0.4) is 0 Å². The molecule has 40 heavy (non-hydrogen) atoms. The normalized spacial score (nSPS) is 12.2. The van der Waals surface area contributed by atoms with Crippen molar-refractivity contribution in [3.8, 4) is 5.75 Å². The maximum Gasteiger partial charge on any atom is 0.309 e. The van der Waals surface area contributed by atoms with E-state index in [1.165, 1.54) is 0 Å². The van der Waals surface area contributed by atoms with Gasteiger partial charge in [-0.1, -0.05) is 23.8 Å². The standard InChI is InChI=1S/C26H27F4N3O7/c1-12-4-5-13(2)15(8-12)6-7-31-25(38)26(39)32-14(3)24(37)33-18(10-20(35)36)19(34)11-40-23-21(29)16(27)9-17(28)22(23)30/h4-5,8-9,14,18H,6-7,10-11H2,1-3H3,(H,31,38)(H,32,39)(H,33,37)(H,35,36)/t14-,18+/m1/s1. The number of Topliss-reactive ketones (excluding diaryl/α,β-unsaturated/α-hetero) is 1. The van der Waals surface area contributed by atoms with Gasteiger partial charge in [0.25, 0.3) is 0 Å². The summed E-state index contributed by atoms with van der Waals surface area (Å²) < 4.78 is 58.7. The number of aryl methyl sites for hydroxylation is 2. The van der Waals surface area contributed by atoms with Gasteiger partial charge in [0.15, 0.2) is 23.2 Å². The quantitative estimate of drug-likeness (QED) is 0.172. The Balaban J connectivity index is 1.94. The minimum Gasteiger partial charge on any atom is -0.481 e. The molecule has 2 aromatic rings. The van der Waals surface area contributed by atoms with Gasteiger partial charge in [0, 0.05) is 12.6 Å². The molecule has 0 aromatic heterocycles. The first-order valence-electron chi connectivity index (χ1n) is 11.9. The van der Waals surface area contributed by atoms with Crippen LogP contribution in [0.25, 0.3) is 0 Å². The molecule has 2 atom stereocenters. The third-order valence-corrected chi connectivity index (χ3v) is 5.65. The summed E-state index contributed by atoms with van der Waals surface area (Å²) in [5.74, 6) is -15.1. The summed E-state index contributed by atoms with van der Waals surface area (Å²) in [5.41, 5.74) is 3.00. The fourth-order valence-electron chi connectivity index (χ4n) is 3.43. The Morgan fingerprint density at radius 3 is 2.15 bits per heavy atom. The number of aliphatic carboxylic acids is 1. The zero-order valence-electron chi connectivity index (χ0n) is 21.7. The van der Waals surface area contributed by atoms with Crippen molar-refractivity contribution in [3.05, 3.63) is 64.2 Å². The SMILES string of the molecule is Cc1ccc(C)c(CCNC(=O)C(=O)N[C@H](C)C(=O)N[C@@H](CC(=O)O)C(=O)COc2c(F)c(F)cc(F)c2F)c1. The van der Waals surface area contributed by atoms with Gasteiger partial charge in [0.2, 0.25) is 17.5 Å². The fourth-order valence-corrected chi connectivity index (χ4v) is 3.43. The minimum absolute atomic E-state index is 0.0756. The third kappa shape index (κ3) is 8.78. The van der Waals surface area contributed by atoms with E-state index in [1.54, 1.807) is 0 Å². The molecule has 0 bridgehead atoms. The number of carboxylic acid groups (broad SMARTS) is 1. The molecule has 2 aromatic carbocycles. The number of halogens is 4. The Labute approximate surface area is 226 Å². The molecule has 0 fully saturated rings. The van der Waals surface area contributed by atoms with E-state index in [0.717, 1.165) is 23.6 Å². The zero-order chi connectivity index (χ0) is 30.1. The van der Waals surface area contributed by atoms with E-state index >= 15 is 0 Å². The molecule has 3 amide bonds. The van der Waals surface area contributed by atoms with Crippen molar-refractivity contribution in [3.63, 3.8) is 0 Å². The number of hydrogen-bond acceptors (Lipinski definition) is 6. The molecular formula is C26H27F4N3O7. The Bertz CT molecular complexity index is 1290. The van der Waals surface area contributed by atoms with Gasteiger partial charge in [0.05, 0.1) is 6.42 Å². The Kier molecular flexibility index (Phi) is 11.1. The Morgan fingerprint density at radius 1 is 0.925 bits per heavy atom. The van der Waals surface area contributed by atoms with Crippen LogP contribution in [0, 0.1) is 37.1 Å². The van der Waals surface area contributed by atoms with E-state index in [-0.39, 0.29) is 12.6 Å². The van der Waals surface area contributed by atoms with Crippen molar-refractivity contribution in [1.29, 1.82) is 0 Å². The summed E-state index contributed by atoms with van der Waals surface area (Å²) in [6.45, 7) is 3.82. The van der Waals surface area contributed by atoms with E-state index in [0.29, 0.717) is 6.42 Å². The van der Waals surface area contributed by atoms with Gasteiger partial charge in [-0.25, -0.2) is 8.78 Å². The lowest BCUT2D eigenvalue weighted by molar-refractivity contribution is -0.141. The minimum atomic E-state index is -1.92. The zero-order valence-corrected chi connectivity index (χ0v) is 21.7. The van der Waals surface area contributed by atoms with Crippen LogP contribution in [-0.4, -0.2) is 59.8 Å². The number of carbonyl (C=O) groups is 5. The van der Waals surface area contributed by atoms with Crippen molar-refractivity contribution in [2.24, 2.45) is 0 Å². The Morgan fingerprint density at radius 2 is 1.55 bits per heavy atom. The van der Waals surface area contributed by atoms with Crippen LogP contribution in [0.4, 0.5) is 17.6 Å². The van der Waals surface area contributed by atoms with Crippen molar-refractivity contribution in [1.82, 2.24) is 16.0 Å². The van der Waals surface area contributed by atoms with E-state index in [1.807, 2.05) is 37.4 Å². The molecular weight excluding hydrogens is 542 g/mol. The second-order valence-corrected chi connectivity index (χ2v) is 8.84. The number of carboxylic acids is 1. The van der Waals surface area contributed by atoms with Gasteiger partial charge in [-0.2, -0.15) is 8.78 Å². The topological polar surface area (TPSA) is 151 Å². The van der Waals surface area contributed by atoms with Gasteiger partial charge in [-0.05, 0) is 38.3 Å². The molecule has 0 aliphatic rings. The molecule has 0 saturated carbocycles. The summed E-state index contributed by atoms with van der Waals surface area (Å²) in [6.07, 6.45) is -0.560. The van der Waals surface area contributed by atoms with Crippen LogP contribution in [0.1, 0.15) is 30.0 Å². The van der Waals surface area contributed by atoms with E-state index in [2.05, 4.69) is 15.4 Å². The highest BCUT2D eigenvalue weighted by molar-refractivity contribution is 6.35. The first kappa shape index (κ1) is 31.7. The first-order chi connectivity index (χ1) is 18.7. The van der Waals surface area contributed by atoms with Gasteiger partial charge < -0.3 is 25.8 Å². The third-order valence-electron chi connectivity index (χ3n) is 5.65. The van der Waals surface area contributed by atoms with Crippen molar-refractivity contribution in [2.45, 2.75) is 45.7 Å². The van der Waals surface area contributed by atoms with Gasteiger partial charge in [0.1, 0.15) is 18.7 Å². The summed E-state index contributed by atoms with van der Waals surface area (Å²) >= 11 is 0. The van der Waals surface area contributed by atoms with Crippen molar-refractivity contribution >= 4 is 29.5 Å². The van der Waals surface area contributed by atoms with Crippen LogP contribution in [-0.2, 0) is 30.4 Å². The summed E-state index contributed by atoms with van der Waals surface area (Å²) in [5, 5.41) is 15.6. The highest BCUT2D eigenvalue weighted by atomic mass is 19.2. The number of nitrogens with one attached hydrogen (secondary N) is 3. The fraction of sp³-hybridized carbons (Fsp3) is 0.346. The number of ether oxygens (including phenoxy) is 1. The molecule has 0 heterocycles. The second-order valence-electron chi connectivity index (χ2n) is 8.84. The van der Waals surface area contributed by atoms with Crippen LogP contribution < -0.4 is 20.7 Å². The van der Waals surface area contributed by atoms with Crippen LogP contribution in [0.5, 0.6) is 5.75 Å². The first-order valence-corrected chi connectivity index (χ1v) is 11.9. The van der Waals surface area contributed by atoms with Crippen LogP contribution in [0.15, 0.2) is 24.3 Å². The lowest BCUT2D eigenvalue weighted by atomic mass is 10.0. The van der Waals surface area contributed by atoms with Crippen LogP contribution in [0.2, 0.25) is 0 Å². The number of ketones is 1. The van der Waals surface area contributed by atoms with Gasteiger partial charge in [-0.3, -0.25) is 24.0 Å². The Hall–Kier alpha value is -4.49. The monoisotopic (exact) mass is 569 g/mol. The molecule has 0 aliphatic heterocycles. The van der Waals surface area contributed by atoms with Crippen LogP contribution >= 0.6 is 0 Å². The smallest absolute Gasteiger partial charge is 0.309 e. The summed E-state index contributed by atoms with van der Waals surface area (Å²) in [4.78, 5) is 60.4. The van der Waals surface area contributed by atoms with Crippen molar-refractivity contribution < 1.29 is 51.4 Å². The molecule has 2 rings (SSSR count). The predicted molar refractivity (Wildman–Crippen MR) is 131 cm³/mol. The molecule has 4 N–H and O–H groups in total. The maximum atomic E-state index is 13.7. The average Bonchev–Trinajstić information content (AvgIpc) is 2.88. The number of carbonyl (C=O) groups excluding carboxylic acids is 4. The highest BCUT2D eigenvalue weighted by Gasteiger charge is 2.29. The number of hydrogen-bond donors (Lipinski definition) is 4. The van der Waals surface area contributed by atoms with E-state index in [4.69, 9.17) is 5.11 Å². The molecule has 216 valence electrons. The molecule has 0 radical (unpaired) electrons. The molecule has 0 spiro atoms. The van der Waals surface area contributed by atoms with Crippen molar-refractivity contribution in [2.75, 3.05) is 13.2 Å². The molecule has 10 nitrogen and oxygen atoms in total. The lowest BCUT2D eigenvalue weighted by Gasteiger charge is -2.20. The van der Waals surface area contributed by atoms with E-state index in [9.17, 15) is 41.5 Å². The summed E-state index contributed by atoms with van der Waals surface area (Å²) in [6, 6.07) is 2.48. The number of amides is 3. The number of benzene rings is 2. The molecule has 14 heteroatoms. The average molecular weight is 570 g/mol. The largest absolute Gasteiger partial charge is 0.481 e. The molecule has 0 aliphatic carbocycles. The molecule has 0 unspecified atom stereocenters. The molecule has 0 saturated heterocycles. The van der Waals surface area contributed by atoms with Gasteiger partial charge >= 0.3 is 17.8 Å². The highest BCUT2D eigenvalue weighted by Crippen LogP contribution is 2.26. The number of rotatable bonds is 12. The lowest BCUT2D eigenvalue weighted by Crippen LogP contribution is -2.53. The second kappa shape index (κ2) is 14.1.